The maximum atomic E-state index is 12.4. The van der Waals surface area contributed by atoms with Crippen LogP contribution in [0.25, 0.3) is 0 Å². The van der Waals surface area contributed by atoms with E-state index >= 15 is 0 Å². The van der Waals surface area contributed by atoms with Gasteiger partial charge in [-0.15, -0.1) is 0 Å². The normalized spacial score (nSPS) is 11.2. The zero-order valence-corrected chi connectivity index (χ0v) is 23.0. The van der Waals surface area contributed by atoms with E-state index < -0.39 is 10.1 Å². The Morgan fingerprint density at radius 1 is 0.788 bits per heavy atom. The third kappa shape index (κ3) is 11.8. The van der Waals surface area contributed by atoms with Crippen LogP contribution in [0.15, 0.2) is 47.4 Å². The average Bonchev–Trinajstić information content (AvgIpc) is 2.76. The summed E-state index contributed by atoms with van der Waals surface area (Å²) < 4.78 is 37.8. The number of ether oxygens (including phenoxy) is 1. The van der Waals surface area contributed by atoms with E-state index in [4.69, 9.17) is 4.74 Å². The maximum Gasteiger partial charge on any atom is 1.00 e. The third-order valence-corrected chi connectivity index (χ3v) is 6.57. The Labute approximate surface area is 222 Å². The van der Waals surface area contributed by atoms with Gasteiger partial charge in [0.05, 0.1) is 0 Å². The number of aryl methyl sites for hydroxylation is 1. The molecule has 2 aromatic rings. The van der Waals surface area contributed by atoms with E-state index in [2.05, 4.69) is 6.92 Å². The molecule has 0 atom stereocenters. The van der Waals surface area contributed by atoms with E-state index in [0.717, 1.165) is 24.8 Å². The van der Waals surface area contributed by atoms with Gasteiger partial charge in [0.2, 0.25) is 0 Å². The van der Waals surface area contributed by atoms with Gasteiger partial charge >= 0.3 is 29.6 Å². The Morgan fingerprint density at radius 3 is 1.88 bits per heavy atom. The molecule has 0 amide bonds. The van der Waals surface area contributed by atoms with Gasteiger partial charge in [-0.1, -0.05) is 108 Å². The van der Waals surface area contributed by atoms with Crippen molar-refractivity contribution in [3.63, 3.8) is 0 Å². The van der Waals surface area contributed by atoms with Crippen LogP contribution in [0.4, 0.5) is 0 Å². The van der Waals surface area contributed by atoms with Gasteiger partial charge < -0.3 is 9.84 Å². The van der Waals surface area contributed by atoms with Gasteiger partial charge in [0.15, 0.2) is 0 Å². The third-order valence-electron chi connectivity index (χ3n) is 5.67. The van der Waals surface area contributed by atoms with Crippen molar-refractivity contribution in [2.24, 2.45) is 0 Å². The van der Waals surface area contributed by atoms with Crippen LogP contribution in [-0.4, -0.2) is 13.0 Å². The molecule has 0 saturated heterocycles. The molecule has 2 rings (SSSR count). The van der Waals surface area contributed by atoms with Crippen LogP contribution in [0.2, 0.25) is 0 Å². The fraction of sp³-hybridized carbons (Fsp3) is 0.538. The summed E-state index contributed by atoms with van der Waals surface area (Å²) in [6, 6.07) is 10.6. The van der Waals surface area contributed by atoms with Crippen LogP contribution in [0, 0.1) is 0 Å². The molecule has 1 N–H and O–H groups in total. The molecule has 0 bridgehead atoms. The van der Waals surface area contributed by atoms with E-state index in [1.54, 1.807) is 18.2 Å². The van der Waals surface area contributed by atoms with E-state index in [1.807, 2.05) is 6.07 Å². The minimum Gasteiger partial charge on any atom is -0.870 e. The largest absolute Gasteiger partial charge is 1.00 e. The van der Waals surface area contributed by atoms with Crippen LogP contribution < -0.4 is 39.4 Å². The van der Waals surface area contributed by atoms with Gasteiger partial charge in [-0.25, -0.2) is 0 Å². The van der Waals surface area contributed by atoms with Gasteiger partial charge in [-0.3, -0.25) is 4.55 Å². The summed E-state index contributed by atoms with van der Waals surface area (Å²) in [5, 5.41) is 12.4. The average molecular weight is 485 g/mol. The van der Waals surface area contributed by atoms with Crippen LogP contribution in [0.1, 0.15) is 89.5 Å². The van der Waals surface area contributed by atoms with Crippen molar-refractivity contribution >= 4 is 10.1 Å². The van der Waals surface area contributed by atoms with Crippen molar-refractivity contribution in [3.05, 3.63) is 48.0 Å². The standard InChI is InChI=1S/C26H38O5S.Na/c1-2-3-4-5-6-7-8-9-10-11-12-13-16-22-19-20-24(23(27)21-22)31-25-17-14-15-18-26(25)32(28,29)30;/h14-15,17-21,27H,2-13,16H2,1H3,(H,28,29,30);/q;+1/p-1. The quantitative estimate of drug-likeness (QED) is 0.221. The zero-order chi connectivity index (χ0) is 23.2. The monoisotopic (exact) mass is 484 g/mol. The molecule has 0 fully saturated rings. The summed E-state index contributed by atoms with van der Waals surface area (Å²) in [4.78, 5) is -0.361. The minimum absolute atomic E-state index is 0. The number of para-hydroxylation sites is 1. The summed E-state index contributed by atoms with van der Waals surface area (Å²) >= 11 is 0. The Bertz CT molecular complexity index is 915. The molecule has 0 heterocycles. The van der Waals surface area contributed by atoms with Crippen molar-refractivity contribution in [2.75, 3.05) is 0 Å². The maximum absolute atomic E-state index is 12.4. The molecule has 0 aliphatic rings. The molecule has 0 aliphatic heterocycles. The first-order chi connectivity index (χ1) is 15.4. The van der Waals surface area contributed by atoms with Crippen LogP contribution >= 0.6 is 0 Å². The van der Waals surface area contributed by atoms with Crippen molar-refractivity contribution in [1.29, 1.82) is 0 Å². The Hall–Kier alpha value is -1.05. The predicted molar refractivity (Wildman–Crippen MR) is 127 cm³/mol. The second-order valence-electron chi connectivity index (χ2n) is 8.44. The molecule has 2 aromatic carbocycles. The molecule has 0 saturated carbocycles. The number of unbranched alkanes of at least 4 members (excludes halogenated alkanes) is 11. The summed E-state index contributed by atoms with van der Waals surface area (Å²) in [6.45, 7) is 2.25. The summed E-state index contributed by atoms with van der Waals surface area (Å²) in [7, 11) is -4.43. The molecule has 0 unspecified atom stereocenters. The second-order valence-corrected chi connectivity index (χ2v) is 9.83. The first-order valence-electron chi connectivity index (χ1n) is 12.0. The van der Waals surface area contributed by atoms with Crippen LogP contribution in [0.3, 0.4) is 0 Å². The van der Waals surface area contributed by atoms with E-state index in [1.165, 1.54) is 82.4 Å². The predicted octanol–water partition coefficient (Wildman–Crippen LogP) is 4.05. The van der Waals surface area contributed by atoms with E-state index in [9.17, 15) is 18.1 Å². The molecule has 0 spiro atoms. The topological polar surface area (TPSA) is 86.7 Å². The molecule has 0 radical (unpaired) electrons. The Balaban J connectivity index is 0.00000544. The first-order valence-corrected chi connectivity index (χ1v) is 13.4. The number of hydrogen-bond acceptors (Lipinski definition) is 4. The summed E-state index contributed by atoms with van der Waals surface area (Å²) in [6.07, 6.45) is 16.4. The van der Waals surface area contributed by atoms with Crippen molar-refractivity contribution in [2.45, 2.75) is 95.3 Å². The van der Waals surface area contributed by atoms with E-state index in [0.29, 0.717) is 0 Å². The molecular formula is C26H37NaO5S. The van der Waals surface area contributed by atoms with Gasteiger partial charge in [0, 0.05) is 0 Å². The Morgan fingerprint density at radius 2 is 1.33 bits per heavy atom. The number of rotatable bonds is 16. The van der Waals surface area contributed by atoms with Crippen LogP contribution in [0.5, 0.6) is 17.2 Å². The van der Waals surface area contributed by atoms with Gasteiger partial charge in [0.25, 0.3) is 10.1 Å². The van der Waals surface area contributed by atoms with Crippen molar-refractivity contribution < 1.29 is 52.4 Å². The molecular weight excluding hydrogens is 447 g/mol. The van der Waals surface area contributed by atoms with Crippen LogP contribution in [-0.2, 0) is 16.5 Å². The number of hydrogen-bond donors (Lipinski definition) is 1. The van der Waals surface area contributed by atoms with E-state index in [-0.39, 0.29) is 51.7 Å². The fourth-order valence-corrected chi connectivity index (χ4v) is 4.44. The summed E-state index contributed by atoms with van der Waals surface area (Å²) in [5.74, 6) is -0.327. The molecule has 0 aliphatic carbocycles. The minimum atomic E-state index is -4.43. The van der Waals surface area contributed by atoms with Crippen molar-refractivity contribution in [3.8, 4) is 17.2 Å². The second kappa shape index (κ2) is 16.6. The zero-order valence-electron chi connectivity index (χ0n) is 20.2. The first kappa shape index (κ1) is 30.0. The summed E-state index contributed by atoms with van der Waals surface area (Å²) in [5.41, 5.74) is 0.956. The fourth-order valence-electron chi connectivity index (χ4n) is 3.83. The smallest absolute Gasteiger partial charge is 0.870 e. The van der Waals surface area contributed by atoms with Crippen molar-refractivity contribution in [1.82, 2.24) is 0 Å². The molecule has 0 aromatic heterocycles. The van der Waals surface area contributed by atoms with Gasteiger partial charge in [-0.2, -0.15) is 8.42 Å². The SMILES string of the molecule is CCCCCCCCCCCCCCc1ccc(Oc2ccccc2S(=O)(=O)O)c([O-])c1.[Na+]. The molecule has 7 heteroatoms. The molecule has 178 valence electrons. The van der Waals surface area contributed by atoms with Gasteiger partial charge in [0.1, 0.15) is 16.4 Å². The van der Waals surface area contributed by atoms with Gasteiger partial charge in [-0.05, 0) is 36.6 Å². The number of benzene rings is 2. The Kier molecular flexibility index (Phi) is 15.0. The molecule has 5 nitrogen and oxygen atoms in total. The molecule has 33 heavy (non-hydrogen) atoms.